The Hall–Kier alpha value is -3.69. The highest BCUT2D eigenvalue weighted by Gasteiger charge is 2.08. The Morgan fingerprint density at radius 3 is 2.68 bits per heavy atom. The van der Waals surface area contributed by atoms with Gasteiger partial charge in [0.25, 0.3) is 5.56 Å². The van der Waals surface area contributed by atoms with Crippen molar-refractivity contribution in [1.29, 1.82) is 0 Å². The molecule has 2 aromatic heterocycles. The monoisotopic (exact) mass is 342 g/mol. The molecule has 3 aromatic rings. The summed E-state index contributed by atoms with van der Waals surface area (Å²) in [5.41, 5.74) is 0.976. The van der Waals surface area contributed by atoms with Crippen LogP contribution in [0.5, 0.6) is 0 Å². The van der Waals surface area contributed by atoms with Crippen LogP contribution in [0.15, 0.2) is 41.7 Å². The van der Waals surface area contributed by atoms with E-state index in [9.17, 15) is 14.4 Å². The number of hydrogen-bond donors (Lipinski definition) is 4. The minimum atomic E-state index is -1.03. The van der Waals surface area contributed by atoms with E-state index in [4.69, 9.17) is 5.11 Å². The fourth-order valence-electron chi connectivity index (χ4n) is 2.22. The van der Waals surface area contributed by atoms with Crippen molar-refractivity contribution in [2.24, 2.45) is 0 Å². The molecule has 0 saturated carbocycles. The number of amides is 2. The zero-order valence-corrected chi connectivity index (χ0v) is 12.9. The first-order chi connectivity index (χ1) is 12.0. The van der Waals surface area contributed by atoms with Crippen molar-refractivity contribution in [3.05, 3.63) is 52.8 Å². The molecule has 0 bridgehead atoms. The van der Waals surface area contributed by atoms with Crippen LogP contribution in [0.1, 0.15) is 10.4 Å². The van der Waals surface area contributed by atoms with E-state index in [0.717, 1.165) is 0 Å². The van der Waals surface area contributed by atoms with Gasteiger partial charge < -0.3 is 25.3 Å². The second kappa shape index (κ2) is 6.83. The van der Waals surface area contributed by atoms with E-state index in [1.165, 1.54) is 36.9 Å². The Labute approximate surface area is 140 Å². The lowest BCUT2D eigenvalue weighted by atomic mass is 10.2. The molecule has 0 aliphatic heterocycles. The van der Waals surface area contributed by atoms with Gasteiger partial charge in [0, 0.05) is 18.8 Å². The SMILES string of the molecule is O=C(NCCn1cnc2c(=O)[nH]cnc21)Nc1ccc(C(=O)O)cc1. The number of carboxylic acids is 1. The van der Waals surface area contributed by atoms with Crippen molar-refractivity contribution >= 4 is 28.9 Å². The number of aromatic amines is 1. The fraction of sp³-hybridized carbons (Fsp3) is 0.133. The highest BCUT2D eigenvalue weighted by molar-refractivity contribution is 5.91. The van der Waals surface area contributed by atoms with Crippen LogP contribution in [0.2, 0.25) is 0 Å². The first kappa shape index (κ1) is 16.2. The number of nitrogens with one attached hydrogen (secondary N) is 3. The van der Waals surface area contributed by atoms with Crippen molar-refractivity contribution in [2.45, 2.75) is 6.54 Å². The highest BCUT2D eigenvalue weighted by atomic mass is 16.4. The summed E-state index contributed by atoms with van der Waals surface area (Å²) in [5, 5.41) is 14.1. The number of carbonyl (C=O) groups excluding carboxylic acids is 1. The fourth-order valence-corrected chi connectivity index (χ4v) is 2.22. The van der Waals surface area contributed by atoms with Crippen molar-refractivity contribution in [3.8, 4) is 0 Å². The average molecular weight is 342 g/mol. The normalized spacial score (nSPS) is 10.6. The molecule has 0 radical (unpaired) electrons. The Morgan fingerprint density at radius 2 is 1.96 bits per heavy atom. The van der Waals surface area contributed by atoms with Crippen LogP contribution >= 0.6 is 0 Å². The Bertz CT molecular complexity index is 976. The average Bonchev–Trinajstić information content (AvgIpc) is 3.00. The summed E-state index contributed by atoms with van der Waals surface area (Å²) in [5.74, 6) is -1.03. The topological polar surface area (TPSA) is 142 Å². The van der Waals surface area contributed by atoms with E-state index in [-0.39, 0.29) is 16.6 Å². The standard InChI is InChI=1S/C15H14N6O4/c22-13-11-12(17-7-18-13)21(8-19-11)6-5-16-15(25)20-10-3-1-9(2-4-10)14(23)24/h1-4,7-8H,5-6H2,(H,23,24)(H2,16,20,25)(H,17,18,22). The molecular weight excluding hydrogens is 328 g/mol. The highest BCUT2D eigenvalue weighted by Crippen LogP contribution is 2.09. The smallest absolute Gasteiger partial charge is 0.335 e. The van der Waals surface area contributed by atoms with Gasteiger partial charge in [0.15, 0.2) is 11.2 Å². The zero-order chi connectivity index (χ0) is 17.8. The predicted molar refractivity (Wildman–Crippen MR) is 88.6 cm³/mol. The van der Waals surface area contributed by atoms with Crippen molar-refractivity contribution in [3.63, 3.8) is 0 Å². The molecule has 0 fully saturated rings. The third kappa shape index (κ3) is 3.63. The van der Waals surface area contributed by atoms with Crippen LogP contribution in [0.25, 0.3) is 11.2 Å². The second-order valence-electron chi connectivity index (χ2n) is 5.11. The van der Waals surface area contributed by atoms with Gasteiger partial charge in [0.2, 0.25) is 0 Å². The predicted octanol–water partition coefficient (Wildman–Crippen LogP) is 0.639. The van der Waals surface area contributed by atoms with Gasteiger partial charge in [-0.3, -0.25) is 4.79 Å². The van der Waals surface area contributed by atoms with Crippen molar-refractivity contribution < 1.29 is 14.7 Å². The van der Waals surface area contributed by atoms with Crippen LogP contribution in [-0.4, -0.2) is 43.2 Å². The third-order valence-corrected chi connectivity index (χ3v) is 3.44. The number of benzene rings is 1. The lowest BCUT2D eigenvalue weighted by Gasteiger charge is -2.08. The number of anilines is 1. The first-order valence-corrected chi connectivity index (χ1v) is 7.31. The number of hydrogen-bond acceptors (Lipinski definition) is 5. The first-order valence-electron chi connectivity index (χ1n) is 7.31. The molecule has 3 rings (SSSR count). The number of nitrogens with zero attached hydrogens (tertiary/aromatic N) is 3. The molecule has 0 aliphatic rings. The van der Waals surface area contributed by atoms with E-state index in [1.54, 1.807) is 4.57 Å². The maximum atomic E-state index is 11.8. The molecule has 10 nitrogen and oxygen atoms in total. The largest absolute Gasteiger partial charge is 0.478 e. The molecule has 2 amide bonds. The van der Waals surface area contributed by atoms with Gasteiger partial charge in [-0.25, -0.2) is 19.6 Å². The van der Waals surface area contributed by atoms with Crippen LogP contribution in [0.3, 0.4) is 0 Å². The lowest BCUT2D eigenvalue weighted by molar-refractivity contribution is 0.0697. The summed E-state index contributed by atoms with van der Waals surface area (Å²) in [7, 11) is 0. The number of aromatic carboxylic acids is 1. The van der Waals surface area contributed by atoms with Crippen molar-refractivity contribution in [2.75, 3.05) is 11.9 Å². The summed E-state index contributed by atoms with van der Waals surface area (Å²) in [6.07, 6.45) is 2.78. The van der Waals surface area contributed by atoms with Gasteiger partial charge in [-0.2, -0.15) is 0 Å². The molecule has 128 valence electrons. The molecule has 4 N–H and O–H groups in total. The third-order valence-electron chi connectivity index (χ3n) is 3.44. The number of aromatic nitrogens is 4. The molecule has 25 heavy (non-hydrogen) atoms. The molecule has 1 aromatic carbocycles. The van der Waals surface area contributed by atoms with E-state index in [0.29, 0.717) is 24.4 Å². The number of fused-ring (bicyclic) bond motifs is 1. The summed E-state index contributed by atoms with van der Waals surface area (Å²) in [6.45, 7) is 0.678. The van der Waals surface area contributed by atoms with Crippen LogP contribution in [-0.2, 0) is 6.54 Å². The number of H-pyrrole nitrogens is 1. The Kier molecular flexibility index (Phi) is 4.42. The Morgan fingerprint density at radius 1 is 1.20 bits per heavy atom. The van der Waals surface area contributed by atoms with Gasteiger partial charge in [0.05, 0.1) is 18.2 Å². The molecule has 0 aliphatic carbocycles. The van der Waals surface area contributed by atoms with E-state index in [2.05, 4.69) is 25.6 Å². The van der Waals surface area contributed by atoms with Gasteiger partial charge in [-0.15, -0.1) is 0 Å². The number of urea groups is 1. The van der Waals surface area contributed by atoms with Crippen LogP contribution in [0.4, 0.5) is 10.5 Å². The molecule has 10 heteroatoms. The molecule has 0 atom stereocenters. The zero-order valence-electron chi connectivity index (χ0n) is 12.9. The van der Waals surface area contributed by atoms with Gasteiger partial charge >= 0.3 is 12.0 Å². The van der Waals surface area contributed by atoms with Crippen LogP contribution < -0.4 is 16.2 Å². The molecule has 2 heterocycles. The molecule has 0 saturated heterocycles. The van der Waals surface area contributed by atoms with Crippen LogP contribution in [0, 0.1) is 0 Å². The second-order valence-corrected chi connectivity index (χ2v) is 5.11. The molecule has 0 unspecified atom stereocenters. The lowest BCUT2D eigenvalue weighted by Crippen LogP contribution is -2.31. The minimum absolute atomic E-state index is 0.139. The van der Waals surface area contributed by atoms with Gasteiger partial charge in [-0.1, -0.05) is 0 Å². The summed E-state index contributed by atoms with van der Waals surface area (Å²) in [4.78, 5) is 44.7. The van der Waals surface area contributed by atoms with E-state index >= 15 is 0 Å². The quantitative estimate of drug-likeness (QED) is 0.536. The van der Waals surface area contributed by atoms with Crippen molar-refractivity contribution in [1.82, 2.24) is 24.8 Å². The molecular formula is C15H14N6O4. The number of carboxylic acid groups (broad SMARTS) is 1. The van der Waals surface area contributed by atoms with Gasteiger partial charge in [0.1, 0.15) is 0 Å². The summed E-state index contributed by atoms with van der Waals surface area (Å²) in [6, 6.07) is 5.38. The number of carbonyl (C=O) groups is 2. The number of rotatable bonds is 5. The summed E-state index contributed by atoms with van der Waals surface area (Å²) >= 11 is 0. The maximum absolute atomic E-state index is 11.8. The van der Waals surface area contributed by atoms with E-state index < -0.39 is 12.0 Å². The van der Waals surface area contributed by atoms with Gasteiger partial charge in [-0.05, 0) is 24.3 Å². The summed E-state index contributed by atoms with van der Waals surface area (Å²) < 4.78 is 1.66. The Balaban J connectivity index is 1.54. The number of imidazole rings is 1. The maximum Gasteiger partial charge on any atom is 0.335 e. The van der Waals surface area contributed by atoms with E-state index in [1.807, 2.05) is 0 Å². The minimum Gasteiger partial charge on any atom is -0.478 e. The molecule has 0 spiro atoms.